The van der Waals surface area contributed by atoms with Crippen LogP contribution in [0.4, 0.5) is 0 Å². The molecule has 1 aliphatic rings. The summed E-state index contributed by atoms with van der Waals surface area (Å²) >= 11 is 1.40. The molecule has 3 N–H and O–H groups in total. The van der Waals surface area contributed by atoms with E-state index < -0.39 is 11.1 Å². The van der Waals surface area contributed by atoms with Crippen molar-refractivity contribution in [2.45, 2.75) is 24.0 Å². The second kappa shape index (κ2) is 4.42. The Morgan fingerprint density at radius 2 is 2.31 bits per heavy atom. The monoisotopic (exact) mass is 242 g/mol. The molecule has 1 aliphatic carbocycles. The van der Waals surface area contributed by atoms with Crippen LogP contribution in [0.5, 0.6) is 0 Å². The van der Waals surface area contributed by atoms with Crippen LogP contribution in [0.2, 0.25) is 0 Å². The van der Waals surface area contributed by atoms with Crippen molar-refractivity contribution in [1.82, 2.24) is 14.8 Å². The maximum absolute atomic E-state index is 11.1. The van der Waals surface area contributed by atoms with E-state index in [-0.39, 0.29) is 6.04 Å². The molecule has 1 aromatic heterocycles. The number of aromatic amines is 1. The van der Waals surface area contributed by atoms with Crippen LogP contribution in [0.25, 0.3) is 0 Å². The van der Waals surface area contributed by atoms with Gasteiger partial charge in [-0.2, -0.15) is 4.98 Å². The topological polar surface area (TPSA) is 93.8 Å². The van der Waals surface area contributed by atoms with Gasteiger partial charge in [-0.05, 0) is 18.8 Å². The Bertz CT molecular complexity index is 491. The predicted octanol–water partition coefficient (Wildman–Crippen LogP) is -0.702. The lowest BCUT2D eigenvalue weighted by Gasteiger charge is -2.10. The van der Waals surface area contributed by atoms with Gasteiger partial charge in [0.2, 0.25) is 0 Å². The van der Waals surface area contributed by atoms with Gasteiger partial charge in [-0.3, -0.25) is 19.4 Å². The van der Waals surface area contributed by atoms with Gasteiger partial charge < -0.3 is 5.73 Å². The zero-order valence-electron chi connectivity index (χ0n) is 8.97. The molecule has 1 saturated carbocycles. The minimum Gasteiger partial charge on any atom is -0.327 e. The Hall–Kier alpha value is -1.08. The van der Waals surface area contributed by atoms with Gasteiger partial charge >= 0.3 is 11.1 Å². The minimum atomic E-state index is -0.749. The van der Waals surface area contributed by atoms with Gasteiger partial charge in [0.15, 0.2) is 5.16 Å². The highest BCUT2D eigenvalue weighted by atomic mass is 32.2. The molecule has 0 amide bonds. The molecule has 1 unspecified atom stereocenters. The molecule has 6 nitrogen and oxygen atoms in total. The third kappa shape index (κ3) is 2.53. The van der Waals surface area contributed by atoms with Crippen LogP contribution < -0.4 is 16.9 Å². The van der Waals surface area contributed by atoms with Crippen molar-refractivity contribution in [2.24, 2.45) is 18.7 Å². The van der Waals surface area contributed by atoms with Gasteiger partial charge in [0, 0.05) is 18.8 Å². The molecule has 0 bridgehead atoms. The molecule has 88 valence electrons. The first kappa shape index (κ1) is 11.4. The molecule has 7 heteroatoms. The van der Waals surface area contributed by atoms with Crippen molar-refractivity contribution in [3.05, 3.63) is 20.7 Å². The summed E-state index contributed by atoms with van der Waals surface area (Å²) in [6.45, 7) is 0. The van der Waals surface area contributed by atoms with E-state index in [9.17, 15) is 9.59 Å². The van der Waals surface area contributed by atoms with Crippen molar-refractivity contribution < 1.29 is 0 Å². The summed E-state index contributed by atoms with van der Waals surface area (Å²) < 4.78 is 1.45. The minimum absolute atomic E-state index is 0.147. The Morgan fingerprint density at radius 1 is 1.62 bits per heavy atom. The summed E-state index contributed by atoms with van der Waals surface area (Å²) in [6, 6.07) is 0.147. The van der Waals surface area contributed by atoms with E-state index >= 15 is 0 Å². The first-order chi connectivity index (χ1) is 7.58. The Balaban J connectivity index is 2.06. The zero-order valence-corrected chi connectivity index (χ0v) is 9.79. The molecular formula is C9H14N4O2S. The molecule has 1 aromatic rings. The second-order valence-electron chi connectivity index (χ2n) is 4.01. The van der Waals surface area contributed by atoms with Crippen molar-refractivity contribution in [1.29, 1.82) is 0 Å². The first-order valence-corrected chi connectivity index (χ1v) is 6.12. The molecule has 1 heterocycles. The fourth-order valence-electron chi connectivity index (χ4n) is 1.42. The van der Waals surface area contributed by atoms with E-state index in [1.807, 2.05) is 0 Å². The average Bonchev–Trinajstić information content (AvgIpc) is 3.04. The van der Waals surface area contributed by atoms with Gasteiger partial charge in [0.05, 0.1) is 0 Å². The molecule has 0 aliphatic heterocycles. The highest BCUT2D eigenvalue weighted by Gasteiger charge is 2.28. The van der Waals surface area contributed by atoms with Gasteiger partial charge in [-0.1, -0.05) is 11.8 Å². The number of hydrogen-bond donors (Lipinski definition) is 2. The van der Waals surface area contributed by atoms with E-state index in [2.05, 4.69) is 10.1 Å². The van der Waals surface area contributed by atoms with Crippen LogP contribution in [0.1, 0.15) is 12.8 Å². The number of hydrogen-bond acceptors (Lipinski definition) is 5. The number of aryl methyl sites for hydroxylation is 1. The molecule has 0 aromatic carbocycles. The van der Waals surface area contributed by atoms with Crippen LogP contribution in [-0.4, -0.2) is 26.6 Å². The average molecular weight is 242 g/mol. The normalized spacial score (nSPS) is 17.4. The quantitative estimate of drug-likeness (QED) is 0.538. The van der Waals surface area contributed by atoms with Crippen LogP contribution in [0.15, 0.2) is 14.7 Å². The van der Waals surface area contributed by atoms with Crippen molar-refractivity contribution in [3.63, 3.8) is 0 Å². The fraction of sp³-hybridized carbons (Fsp3) is 0.667. The van der Waals surface area contributed by atoms with Gasteiger partial charge in [-0.25, -0.2) is 0 Å². The van der Waals surface area contributed by atoms with Crippen molar-refractivity contribution in [3.8, 4) is 0 Å². The fourth-order valence-corrected chi connectivity index (χ4v) is 2.42. The van der Waals surface area contributed by atoms with E-state index in [1.54, 1.807) is 7.05 Å². The third-order valence-electron chi connectivity index (χ3n) is 2.58. The summed E-state index contributed by atoms with van der Waals surface area (Å²) in [7, 11) is 1.65. The first-order valence-electron chi connectivity index (χ1n) is 5.13. The van der Waals surface area contributed by atoms with Crippen LogP contribution in [-0.2, 0) is 7.05 Å². The summed E-state index contributed by atoms with van der Waals surface area (Å²) in [5.74, 6) is 1.34. The Labute approximate surface area is 96.2 Å². The molecule has 0 saturated heterocycles. The second-order valence-corrected chi connectivity index (χ2v) is 5.00. The Morgan fingerprint density at radius 3 is 2.94 bits per heavy atom. The summed E-state index contributed by atoms with van der Waals surface area (Å²) in [4.78, 5) is 25.7. The van der Waals surface area contributed by atoms with E-state index in [4.69, 9.17) is 5.73 Å². The third-order valence-corrected chi connectivity index (χ3v) is 3.75. The van der Waals surface area contributed by atoms with E-state index in [0.717, 1.165) is 5.75 Å². The summed E-state index contributed by atoms with van der Waals surface area (Å²) in [6.07, 6.45) is 2.39. The predicted molar refractivity (Wildman–Crippen MR) is 61.5 cm³/mol. The summed E-state index contributed by atoms with van der Waals surface area (Å²) in [5.41, 5.74) is 4.49. The highest BCUT2D eigenvalue weighted by Crippen LogP contribution is 2.33. The molecule has 0 radical (unpaired) electrons. The number of nitrogens with zero attached hydrogens (tertiary/aromatic N) is 2. The lowest BCUT2D eigenvalue weighted by molar-refractivity contribution is 0.593. The largest absolute Gasteiger partial charge is 0.339 e. The van der Waals surface area contributed by atoms with Crippen LogP contribution in [0.3, 0.4) is 0 Å². The highest BCUT2D eigenvalue weighted by molar-refractivity contribution is 7.99. The van der Waals surface area contributed by atoms with Crippen LogP contribution >= 0.6 is 11.8 Å². The zero-order chi connectivity index (χ0) is 11.7. The molecule has 1 atom stereocenters. The molecule has 0 spiro atoms. The molecular weight excluding hydrogens is 228 g/mol. The lowest BCUT2D eigenvalue weighted by Crippen LogP contribution is -2.34. The molecule has 16 heavy (non-hydrogen) atoms. The molecule has 2 rings (SSSR count). The van der Waals surface area contributed by atoms with Gasteiger partial charge in [0.25, 0.3) is 0 Å². The smallest absolute Gasteiger partial charge is 0.327 e. The number of H-pyrrole nitrogens is 1. The number of rotatable bonds is 4. The van der Waals surface area contributed by atoms with E-state index in [1.165, 1.54) is 29.3 Å². The number of aromatic nitrogens is 3. The molecule has 1 fully saturated rings. The SMILES string of the molecule is Cn1[nH]c(=O)c(=O)nc1SCC(N)C1CC1. The van der Waals surface area contributed by atoms with Gasteiger partial charge in [0.1, 0.15) is 0 Å². The maximum atomic E-state index is 11.1. The Kier molecular flexibility index (Phi) is 3.15. The lowest BCUT2D eigenvalue weighted by atomic mass is 10.2. The number of nitrogens with one attached hydrogen (secondary N) is 1. The van der Waals surface area contributed by atoms with Crippen molar-refractivity contribution in [2.75, 3.05) is 5.75 Å². The van der Waals surface area contributed by atoms with Crippen LogP contribution in [0, 0.1) is 5.92 Å². The standard InChI is InChI=1S/C9H14N4O2S/c1-13-9(11-7(14)8(15)12-13)16-4-6(10)5-2-3-5/h5-6H,2-4,10H2,1H3,(H,12,15). The number of thioether (sulfide) groups is 1. The van der Waals surface area contributed by atoms with E-state index in [0.29, 0.717) is 11.1 Å². The number of nitrogens with two attached hydrogens (primary N) is 1. The van der Waals surface area contributed by atoms with Crippen molar-refractivity contribution >= 4 is 11.8 Å². The van der Waals surface area contributed by atoms with Gasteiger partial charge in [-0.15, -0.1) is 0 Å². The maximum Gasteiger partial charge on any atom is 0.339 e. The summed E-state index contributed by atoms with van der Waals surface area (Å²) in [5, 5.41) is 2.90.